The van der Waals surface area contributed by atoms with Gasteiger partial charge in [0.1, 0.15) is 0 Å². The molecule has 1 aromatic carbocycles. The molecule has 2 heterocycles. The number of H-pyrrole nitrogens is 1. The number of urea groups is 1. The molecule has 2 N–H and O–H groups in total. The minimum atomic E-state index is 0.0695. The van der Waals surface area contributed by atoms with Crippen molar-refractivity contribution in [3.8, 4) is 0 Å². The molecule has 0 radical (unpaired) electrons. The molecule has 4 heteroatoms. The highest BCUT2D eigenvalue weighted by Crippen LogP contribution is 2.29. The van der Waals surface area contributed by atoms with Crippen LogP contribution >= 0.6 is 0 Å². The number of aromatic nitrogens is 1. The van der Waals surface area contributed by atoms with E-state index in [2.05, 4.69) is 40.6 Å². The van der Waals surface area contributed by atoms with Crippen LogP contribution in [0.3, 0.4) is 0 Å². The summed E-state index contributed by atoms with van der Waals surface area (Å²) in [5.41, 5.74) is 2.51. The molecule has 0 spiro atoms. The van der Waals surface area contributed by atoms with Crippen molar-refractivity contribution in [1.29, 1.82) is 0 Å². The van der Waals surface area contributed by atoms with Gasteiger partial charge in [-0.1, -0.05) is 18.2 Å². The molecule has 112 valence electrons. The second kappa shape index (κ2) is 5.80. The maximum absolute atomic E-state index is 12.0. The Morgan fingerprint density at radius 2 is 2.00 bits per heavy atom. The fourth-order valence-electron chi connectivity index (χ4n) is 3.05. The summed E-state index contributed by atoms with van der Waals surface area (Å²) in [5, 5.41) is 4.24. The summed E-state index contributed by atoms with van der Waals surface area (Å²) in [6, 6.07) is 10.9. The van der Waals surface area contributed by atoms with E-state index in [-0.39, 0.29) is 12.1 Å². The molecule has 4 nitrogen and oxygen atoms in total. The third-order valence-electron chi connectivity index (χ3n) is 4.18. The zero-order chi connectivity index (χ0) is 14.8. The molecular formula is C17H23N3O. The van der Waals surface area contributed by atoms with Gasteiger partial charge >= 0.3 is 6.03 Å². The van der Waals surface area contributed by atoms with Crippen molar-refractivity contribution in [1.82, 2.24) is 15.2 Å². The number of benzene rings is 1. The van der Waals surface area contributed by atoms with Gasteiger partial charge in [0.2, 0.25) is 0 Å². The van der Waals surface area contributed by atoms with Gasteiger partial charge in [0, 0.05) is 36.3 Å². The number of amides is 2. The monoisotopic (exact) mass is 285 g/mol. The van der Waals surface area contributed by atoms with Crippen LogP contribution in [0.25, 0.3) is 10.9 Å². The lowest BCUT2D eigenvalue weighted by molar-refractivity contribution is 0.178. The molecule has 1 aliphatic heterocycles. The van der Waals surface area contributed by atoms with E-state index in [0.717, 1.165) is 25.9 Å². The zero-order valence-corrected chi connectivity index (χ0v) is 12.7. The number of piperidine rings is 1. The highest BCUT2D eigenvalue weighted by atomic mass is 16.2. The lowest BCUT2D eigenvalue weighted by Gasteiger charge is -2.32. The molecule has 1 aliphatic rings. The van der Waals surface area contributed by atoms with Crippen molar-refractivity contribution >= 4 is 16.9 Å². The van der Waals surface area contributed by atoms with Crippen molar-refractivity contribution < 1.29 is 4.79 Å². The molecule has 21 heavy (non-hydrogen) atoms. The largest absolute Gasteiger partial charge is 0.358 e. The SMILES string of the molecule is CC(C)NC(=O)N1CCC(c2cc3ccccc3[nH]2)CC1. The second-order valence-electron chi connectivity index (χ2n) is 6.18. The number of aromatic amines is 1. The van der Waals surface area contributed by atoms with Crippen LogP contribution in [-0.4, -0.2) is 35.0 Å². The summed E-state index contributed by atoms with van der Waals surface area (Å²) < 4.78 is 0. The van der Waals surface area contributed by atoms with Crippen LogP contribution in [0.1, 0.15) is 38.3 Å². The lowest BCUT2D eigenvalue weighted by atomic mass is 9.94. The highest BCUT2D eigenvalue weighted by molar-refractivity contribution is 5.80. The van der Waals surface area contributed by atoms with E-state index in [9.17, 15) is 4.79 Å². The zero-order valence-electron chi connectivity index (χ0n) is 12.7. The van der Waals surface area contributed by atoms with E-state index in [1.165, 1.54) is 16.6 Å². The van der Waals surface area contributed by atoms with E-state index in [1.54, 1.807) is 0 Å². The van der Waals surface area contributed by atoms with E-state index < -0.39 is 0 Å². The van der Waals surface area contributed by atoms with Gasteiger partial charge in [0.15, 0.2) is 0 Å². The Hall–Kier alpha value is -1.97. The maximum atomic E-state index is 12.0. The average molecular weight is 285 g/mol. The van der Waals surface area contributed by atoms with Crippen LogP contribution in [0.5, 0.6) is 0 Å². The van der Waals surface area contributed by atoms with E-state index in [4.69, 9.17) is 0 Å². The normalized spacial score (nSPS) is 16.6. The first-order valence-electron chi connectivity index (χ1n) is 7.76. The number of nitrogens with one attached hydrogen (secondary N) is 2. The van der Waals surface area contributed by atoms with Gasteiger partial charge in [-0.3, -0.25) is 0 Å². The topological polar surface area (TPSA) is 48.1 Å². The molecule has 0 atom stereocenters. The smallest absolute Gasteiger partial charge is 0.317 e. The van der Waals surface area contributed by atoms with Gasteiger partial charge in [0.25, 0.3) is 0 Å². The first-order chi connectivity index (χ1) is 10.1. The fourth-order valence-corrected chi connectivity index (χ4v) is 3.05. The summed E-state index contributed by atoms with van der Waals surface area (Å²) in [4.78, 5) is 17.5. The quantitative estimate of drug-likeness (QED) is 0.872. The Kier molecular flexibility index (Phi) is 3.86. The van der Waals surface area contributed by atoms with Gasteiger partial charge in [-0.05, 0) is 44.2 Å². The Labute approximate surface area is 125 Å². The molecule has 2 amide bonds. The summed E-state index contributed by atoms with van der Waals surface area (Å²) in [6.45, 7) is 5.65. The highest BCUT2D eigenvalue weighted by Gasteiger charge is 2.24. The number of hydrogen-bond donors (Lipinski definition) is 2. The molecule has 1 fully saturated rings. The van der Waals surface area contributed by atoms with Crippen LogP contribution in [0.2, 0.25) is 0 Å². The van der Waals surface area contributed by atoms with Gasteiger partial charge in [-0.15, -0.1) is 0 Å². The summed E-state index contributed by atoms with van der Waals surface area (Å²) in [6.07, 6.45) is 2.05. The summed E-state index contributed by atoms with van der Waals surface area (Å²) >= 11 is 0. The lowest BCUT2D eigenvalue weighted by Crippen LogP contribution is -2.46. The van der Waals surface area contributed by atoms with Crippen LogP contribution in [0.4, 0.5) is 4.79 Å². The molecule has 1 aromatic heterocycles. The van der Waals surface area contributed by atoms with Crippen molar-refractivity contribution in [2.45, 2.75) is 38.6 Å². The van der Waals surface area contributed by atoms with Crippen molar-refractivity contribution in [3.05, 3.63) is 36.0 Å². The minimum absolute atomic E-state index is 0.0695. The van der Waals surface area contributed by atoms with Crippen LogP contribution in [0.15, 0.2) is 30.3 Å². The molecule has 0 saturated carbocycles. The number of likely N-dealkylation sites (tertiary alicyclic amines) is 1. The van der Waals surface area contributed by atoms with Gasteiger partial charge in [0.05, 0.1) is 0 Å². The fraction of sp³-hybridized carbons (Fsp3) is 0.471. The van der Waals surface area contributed by atoms with Crippen LogP contribution < -0.4 is 5.32 Å². The predicted octanol–water partition coefficient (Wildman–Crippen LogP) is 3.47. The van der Waals surface area contributed by atoms with Crippen LogP contribution in [-0.2, 0) is 0 Å². The molecule has 1 saturated heterocycles. The van der Waals surface area contributed by atoms with Crippen LogP contribution in [0, 0.1) is 0 Å². The van der Waals surface area contributed by atoms with Crippen molar-refractivity contribution in [2.24, 2.45) is 0 Å². The van der Waals surface area contributed by atoms with Gasteiger partial charge < -0.3 is 15.2 Å². The van der Waals surface area contributed by atoms with Crippen molar-refractivity contribution in [3.63, 3.8) is 0 Å². The first-order valence-corrected chi connectivity index (χ1v) is 7.76. The van der Waals surface area contributed by atoms with E-state index in [1.807, 2.05) is 18.7 Å². The molecular weight excluding hydrogens is 262 g/mol. The number of hydrogen-bond acceptors (Lipinski definition) is 1. The predicted molar refractivity (Wildman–Crippen MR) is 85.5 cm³/mol. The van der Waals surface area contributed by atoms with E-state index >= 15 is 0 Å². The Balaban J connectivity index is 1.64. The minimum Gasteiger partial charge on any atom is -0.358 e. The Morgan fingerprint density at radius 1 is 1.29 bits per heavy atom. The molecule has 0 aliphatic carbocycles. The third kappa shape index (κ3) is 3.04. The Morgan fingerprint density at radius 3 is 2.67 bits per heavy atom. The second-order valence-corrected chi connectivity index (χ2v) is 6.18. The number of carbonyl (C=O) groups excluding carboxylic acids is 1. The first kappa shape index (κ1) is 14.0. The number of nitrogens with zero attached hydrogens (tertiary/aromatic N) is 1. The average Bonchev–Trinajstić information content (AvgIpc) is 2.90. The molecule has 0 unspecified atom stereocenters. The number of fused-ring (bicyclic) bond motifs is 1. The van der Waals surface area contributed by atoms with Gasteiger partial charge in [-0.2, -0.15) is 0 Å². The number of rotatable bonds is 2. The standard InChI is InChI=1S/C17H23N3O/c1-12(2)18-17(21)20-9-7-13(8-10-20)16-11-14-5-3-4-6-15(14)19-16/h3-6,11-13,19H,7-10H2,1-2H3,(H,18,21). The Bertz CT molecular complexity index is 591. The number of para-hydroxylation sites is 1. The molecule has 0 bridgehead atoms. The molecule has 2 aromatic rings. The third-order valence-corrected chi connectivity index (χ3v) is 4.18. The maximum Gasteiger partial charge on any atom is 0.317 e. The van der Waals surface area contributed by atoms with Gasteiger partial charge in [-0.25, -0.2) is 4.79 Å². The number of carbonyl (C=O) groups is 1. The summed E-state index contributed by atoms with van der Waals surface area (Å²) in [5.74, 6) is 0.528. The van der Waals surface area contributed by atoms with E-state index in [0.29, 0.717) is 5.92 Å². The summed E-state index contributed by atoms with van der Waals surface area (Å²) in [7, 11) is 0. The van der Waals surface area contributed by atoms with Crippen molar-refractivity contribution in [2.75, 3.05) is 13.1 Å². The molecule has 3 rings (SSSR count).